The molecule has 0 aliphatic heterocycles. The molecule has 0 nitrogen and oxygen atoms in total. The molecule has 2 bridgehead atoms. The maximum atomic E-state index is 2.40. The second kappa shape index (κ2) is 1.86. The predicted octanol–water partition coefficient (Wildman–Crippen LogP) is 2.61. The Morgan fingerprint density at radius 1 is 1.22 bits per heavy atom. The highest BCUT2D eigenvalue weighted by molar-refractivity contribution is 5.02. The first-order valence-corrected chi connectivity index (χ1v) is 4.03. The van der Waals surface area contributed by atoms with Crippen LogP contribution in [0.5, 0.6) is 0 Å². The number of allylic oxidation sites excluding steroid dienone is 2. The van der Waals surface area contributed by atoms with Gasteiger partial charge in [0, 0.05) is 0 Å². The summed E-state index contributed by atoms with van der Waals surface area (Å²) in [4.78, 5) is 0. The summed E-state index contributed by atoms with van der Waals surface area (Å²) < 4.78 is 0. The molecule has 1 atom stereocenters. The Hall–Kier alpha value is -0.260. The molecule has 50 valence electrons. The van der Waals surface area contributed by atoms with Crippen LogP contribution < -0.4 is 0 Å². The maximum absolute atomic E-state index is 2.40. The molecule has 9 heavy (non-hydrogen) atoms. The quantitative estimate of drug-likeness (QED) is 0.469. The molecule has 0 spiro atoms. The maximum Gasteiger partial charge on any atom is -0.0202 e. The molecule has 0 radical (unpaired) electrons. The molecular formula is C9H14. The summed E-state index contributed by atoms with van der Waals surface area (Å²) in [5.74, 6) is 3.18. The minimum atomic E-state index is 0.972. The third-order valence-electron chi connectivity index (χ3n) is 2.92. The van der Waals surface area contributed by atoms with E-state index in [1.807, 2.05) is 0 Å². The summed E-state index contributed by atoms with van der Waals surface area (Å²) >= 11 is 0. The second-order valence-electron chi connectivity index (χ2n) is 3.52. The van der Waals surface area contributed by atoms with Crippen LogP contribution in [0.25, 0.3) is 0 Å². The van der Waals surface area contributed by atoms with Gasteiger partial charge in [-0.15, -0.1) is 0 Å². The van der Waals surface area contributed by atoms with Gasteiger partial charge < -0.3 is 0 Å². The topological polar surface area (TPSA) is 0 Å². The second-order valence-corrected chi connectivity index (χ2v) is 3.52. The Morgan fingerprint density at radius 3 is 2.44 bits per heavy atom. The fourth-order valence-corrected chi connectivity index (χ4v) is 2.39. The largest absolute Gasteiger partial charge is 0.0914 e. The van der Waals surface area contributed by atoms with E-state index in [1.165, 1.54) is 19.3 Å². The standard InChI is InChI=1S/C9H14/c1-2-3-8-4-7-5-9(8)6-7/h2-3,7-9H,4-6H2,1H3/b3-2-. The van der Waals surface area contributed by atoms with Crippen molar-refractivity contribution in [3.8, 4) is 0 Å². The molecule has 0 aromatic carbocycles. The van der Waals surface area contributed by atoms with Crippen molar-refractivity contribution in [2.75, 3.05) is 0 Å². The summed E-state index contributed by atoms with van der Waals surface area (Å²) in [6, 6.07) is 0. The van der Waals surface area contributed by atoms with Gasteiger partial charge in [-0.05, 0) is 43.9 Å². The van der Waals surface area contributed by atoms with E-state index in [-0.39, 0.29) is 0 Å². The average molecular weight is 122 g/mol. The van der Waals surface area contributed by atoms with Crippen LogP contribution in [-0.4, -0.2) is 0 Å². The van der Waals surface area contributed by atoms with E-state index in [0.29, 0.717) is 0 Å². The normalized spacial score (nSPS) is 47.9. The van der Waals surface area contributed by atoms with Crippen LogP contribution in [0.1, 0.15) is 26.2 Å². The van der Waals surface area contributed by atoms with E-state index >= 15 is 0 Å². The van der Waals surface area contributed by atoms with E-state index in [2.05, 4.69) is 19.1 Å². The molecule has 3 saturated carbocycles. The van der Waals surface area contributed by atoms with Crippen LogP contribution in [0.3, 0.4) is 0 Å². The Labute approximate surface area is 57.0 Å². The Bertz CT molecular complexity index is 129. The average Bonchev–Trinajstić information content (AvgIpc) is 2.20. The Balaban J connectivity index is 2.00. The van der Waals surface area contributed by atoms with Crippen molar-refractivity contribution in [3.05, 3.63) is 12.2 Å². The molecule has 0 amide bonds. The lowest BCUT2D eigenvalue weighted by molar-refractivity contribution is 0.289. The first-order chi connectivity index (χ1) is 4.40. The molecule has 1 unspecified atom stereocenters. The van der Waals surface area contributed by atoms with Crippen molar-refractivity contribution in [2.24, 2.45) is 17.8 Å². The molecule has 0 saturated heterocycles. The molecule has 3 fully saturated rings. The Kier molecular flexibility index (Phi) is 1.14. The minimum Gasteiger partial charge on any atom is -0.0914 e. The summed E-state index contributed by atoms with van der Waals surface area (Å²) in [7, 11) is 0. The van der Waals surface area contributed by atoms with Crippen molar-refractivity contribution in [1.29, 1.82) is 0 Å². The summed E-state index contributed by atoms with van der Waals surface area (Å²) in [6.07, 6.45) is 9.18. The number of hydrogen-bond donors (Lipinski definition) is 0. The highest BCUT2D eigenvalue weighted by Gasteiger charge is 2.42. The van der Waals surface area contributed by atoms with Gasteiger partial charge in [0.1, 0.15) is 0 Å². The Morgan fingerprint density at radius 2 is 2.00 bits per heavy atom. The third kappa shape index (κ3) is 0.726. The minimum absolute atomic E-state index is 0.972. The zero-order chi connectivity index (χ0) is 6.27. The zero-order valence-electron chi connectivity index (χ0n) is 6.01. The number of hydrogen-bond acceptors (Lipinski definition) is 0. The molecule has 0 aromatic heterocycles. The summed E-state index contributed by atoms with van der Waals surface area (Å²) in [6.45, 7) is 2.13. The van der Waals surface area contributed by atoms with Gasteiger partial charge in [-0.3, -0.25) is 0 Å². The van der Waals surface area contributed by atoms with E-state index in [0.717, 1.165) is 17.8 Å². The highest BCUT2D eigenvalue weighted by Crippen LogP contribution is 2.52. The first kappa shape index (κ1) is 5.52. The van der Waals surface area contributed by atoms with E-state index in [4.69, 9.17) is 0 Å². The summed E-state index contributed by atoms with van der Waals surface area (Å²) in [5.41, 5.74) is 0. The van der Waals surface area contributed by atoms with Gasteiger partial charge >= 0.3 is 0 Å². The van der Waals surface area contributed by atoms with Gasteiger partial charge in [0.25, 0.3) is 0 Å². The SMILES string of the molecule is C/C=C\C1CC2CC1C2. The molecule has 0 heteroatoms. The molecule has 3 aliphatic carbocycles. The lowest BCUT2D eigenvalue weighted by Gasteiger charge is -2.23. The van der Waals surface area contributed by atoms with Crippen LogP contribution in [0.15, 0.2) is 12.2 Å². The predicted molar refractivity (Wildman–Crippen MR) is 39.1 cm³/mol. The van der Waals surface area contributed by atoms with Gasteiger partial charge in [0.15, 0.2) is 0 Å². The monoisotopic (exact) mass is 122 g/mol. The van der Waals surface area contributed by atoms with Gasteiger partial charge in [-0.25, -0.2) is 0 Å². The van der Waals surface area contributed by atoms with Crippen LogP contribution in [0.2, 0.25) is 0 Å². The molecule has 0 heterocycles. The van der Waals surface area contributed by atoms with Crippen molar-refractivity contribution >= 4 is 0 Å². The van der Waals surface area contributed by atoms with E-state index in [1.54, 1.807) is 0 Å². The van der Waals surface area contributed by atoms with Gasteiger partial charge in [-0.1, -0.05) is 12.2 Å². The lowest BCUT2D eigenvalue weighted by atomic mass is 9.82. The van der Waals surface area contributed by atoms with Crippen molar-refractivity contribution < 1.29 is 0 Å². The molecular weight excluding hydrogens is 108 g/mol. The van der Waals surface area contributed by atoms with Crippen LogP contribution >= 0.6 is 0 Å². The molecule has 3 rings (SSSR count). The fourth-order valence-electron chi connectivity index (χ4n) is 2.39. The van der Waals surface area contributed by atoms with Crippen molar-refractivity contribution in [2.45, 2.75) is 26.2 Å². The molecule has 0 N–H and O–H groups in total. The van der Waals surface area contributed by atoms with Crippen LogP contribution in [0.4, 0.5) is 0 Å². The lowest BCUT2D eigenvalue weighted by Crippen LogP contribution is -2.13. The smallest absolute Gasteiger partial charge is 0.0202 e. The fraction of sp³-hybridized carbons (Fsp3) is 0.778. The van der Waals surface area contributed by atoms with E-state index < -0.39 is 0 Å². The molecule has 0 aromatic rings. The van der Waals surface area contributed by atoms with Gasteiger partial charge in [0.2, 0.25) is 0 Å². The van der Waals surface area contributed by atoms with Crippen LogP contribution in [0, 0.1) is 17.8 Å². The number of fused-ring (bicyclic) bond motifs is 1. The van der Waals surface area contributed by atoms with Crippen molar-refractivity contribution in [1.82, 2.24) is 0 Å². The first-order valence-electron chi connectivity index (χ1n) is 4.03. The molecule has 3 aliphatic rings. The zero-order valence-corrected chi connectivity index (χ0v) is 6.01. The van der Waals surface area contributed by atoms with Gasteiger partial charge in [-0.2, -0.15) is 0 Å². The number of rotatable bonds is 1. The third-order valence-corrected chi connectivity index (χ3v) is 2.92. The van der Waals surface area contributed by atoms with Crippen molar-refractivity contribution in [3.63, 3.8) is 0 Å². The highest BCUT2D eigenvalue weighted by atomic mass is 14.5. The summed E-state index contributed by atoms with van der Waals surface area (Å²) in [5, 5.41) is 0. The van der Waals surface area contributed by atoms with Gasteiger partial charge in [0.05, 0.1) is 0 Å². The van der Waals surface area contributed by atoms with Crippen LogP contribution in [-0.2, 0) is 0 Å². The van der Waals surface area contributed by atoms with E-state index in [9.17, 15) is 0 Å².